The number of nitrogens with two attached hydrogens (primary N) is 1. The Morgan fingerprint density at radius 3 is 3.05 bits per heavy atom. The van der Waals surface area contributed by atoms with E-state index in [4.69, 9.17) is 5.73 Å². The van der Waals surface area contributed by atoms with E-state index in [0.29, 0.717) is 24.2 Å². The largest absolute Gasteiger partial charge is 0.401 e. The van der Waals surface area contributed by atoms with Gasteiger partial charge in [0.2, 0.25) is 5.91 Å². The maximum absolute atomic E-state index is 12.4. The zero-order valence-electron chi connectivity index (χ0n) is 11.9. The zero-order valence-corrected chi connectivity index (χ0v) is 11.9. The molecule has 2 rings (SSSR count). The van der Waals surface area contributed by atoms with Gasteiger partial charge in [0.1, 0.15) is 6.29 Å². The first-order valence-electron chi connectivity index (χ1n) is 6.89. The summed E-state index contributed by atoms with van der Waals surface area (Å²) in [6.45, 7) is 0.365. The number of fused-ring (bicyclic) bond motifs is 1. The van der Waals surface area contributed by atoms with E-state index in [0.717, 1.165) is 6.29 Å². The summed E-state index contributed by atoms with van der Waals surface area (Å²) in [5.41, 5.74) is 7.15. The van der Waals surface area contributed by atoms with Gasteiger partial charge in [-0.3, -0.25) is 9.59 Å². The molecule has 0 radical (unpaired) electrons. The summed E-state index contributed by atoms with van der Waals surface area (Å²) in [6, 6.07) is -0.611. The van der Waals surface area contributed by atoms with Gasteiger partial charge in [-0.2, -0.15) is 0 Å². The summed E-state index contributed by atoms with van der Waals surface area (Å²) >= 11 is 0. The average molecular weight is 289 g/mol. The van der Waals surface area contributed by atoms with Crippen LogP contribution in [0.5, 0.6) is 0 Å². The number of carbonyl (C=O) groups is 3. The van der Waals surface area contributed by atoms with E-state index >= 15 is 0 Å². The third-order valence-corrected chi connectivity index (χ3v) is 3.78. The van der Waals surface area contributed by atoms with E-state index in [1.807, 2.05) is 6.08 Å². The van der Waals surface area contributed by atoms with Gasteiger partial charge in [0.05, 0.1) is 6.04 Å². The van der Waals surface area contributed by atoms with Crippen LogP contribution >= 0.6 is 0 Å². The summed E-state index contributed by atoms with van der Waals surface area (Å²) in [7, 11) is 1.54. The Morgan fingerprint density at radius 2 is 2.38 bits per heavy atom. The second-order valence-electron chi connectivity index (χ2n) is 5.13. The van der Waals surface area contributed by atoms with Crippen molar-refractivity contribution >= 4 is 18.1 Å². The van der Waals surface area contributed by atoms with Gasteiger partial charge in [0, 0.05) is 37.2 Å². The van der Waals surface area contributed by atoms with Crippen molar-refractivity contribution in [3.63, 3.8) is 0 Å². The van der Waals surface area contributed by atoms with Crippen molar-refractivity contribution in [1.82, 2.24) is 10.2 Å². The second kappa shape index (κ2) is 6.39. The van der Waals surface area contributed by atoms with Gasteiger partial charge in [0.25, 0.3) is 5.91 Å². The topological polar surface area (TPSA) is 92.5 Å². The van der Waals surface area contributed by atoms with Gasteiger partial charge >= 0.3 is 0 Å². The molecule has 0 aromatic carbocycles. The predicted octanol–water partition coefficient (Wildman–Crippen LogP) is -0.123. The fourth-order valence-corrected chi connectivity index (χ4v) is 2.50. The minimum Gasteiger partial charge on any atom is -0.401 e. The van der Waals surface area contributed by atoms with Crippen molar-refractivity contribution in [3.05, 3.63) is 35.6 Å². The van der Waals surface area contributed by atoms with Crippen LogP contribution in [0.1, 0.15) is 12.8 Å². The number of amides is 2. The fraction of sp³-hybridized carbons (Fsp3) is 0.400. The lowest BCUT2D eigenvalue weighted by atomic mass is 9.95. The quantitative estimate of drug-likeness (QED) is 0.690. The lowest BCUT2D eigenvalue weighted by Gasteiger charge is -2.34. The van der Waals surface area contributed by atoms with Gasteiger partial charge in [-0.15, -0.1) is 0 Å². The first kappa shape index (κ1) is 15.0. The standard InChI is InChI=1S/C15H19N3O3/c1-17-14(20)6-5-12(9-19)18-8-11-7-10(15(18)21)3-2-4-13(11)16/h2-4,7,9,11-12H,5-6,8,16H2,1H3,(H,17,20). The van der Waals surface area contributed by atoms with Crippen LogP contribution < -0.4 is 11.1 Å². The number of nitrogens with zero attached hydrogens (tertiary/aromatic N) is 1. The Bertz CT molecular complexity index is 548. The normalized spacial score (nSPS) is 22.0. The molecule has 6 heteroatoms. The smallest absolute Gasteiger partial charge is 0.254 e. The van der Waals surface area contributed by atoms with Crippen LogP contribution in [0.4, 0.5) is 0 Å². The number of aldehydes is 1. The van der Waals surface area contributed by atoms with Gasteiger partial charge in [-0.05, 0) is 18.6 Å². The SMILES string of the molecule is CNC(=O)CCC(C=O)N1CC2C=C(C=CC=C2N)C1=O. The van der Waals surface area contributed by atoms with Gasteiger partial charge in [-0.1, -0.05) is 12.2 Å². The Labute approximate surface area is 123 Å². The Hall–Kier alpha value is -2.37. The van der Waals surface area contributed by atoms with Crippen molar-refractivity contribution in [2.75, 3.05) is 13.6 Å². The molecule has 2 unspecified atom stereocenters. The minimum absolute atomic E-state index is 0.0878. The molecule has 0 fully saturated rings. The van der Waals surface area contributed by atoms with E-state index in [1.54, 1.807) is 25.3 Å². The molecule has 2 atom stereocenters. The molecule has 2 aliphatic rings. The van der Waals surface area contributed by atoms with E-state index in [-0.39, 0.29) is 24.2 Å². The maximum atomic E-state index is 12.4. The number of hydrogen-bond acceptors (Lipinski definition) is 4. The highest BCUT2D eigenvalue weighted by Crippen LogP contribution is 2.26. The van der Waals surface area contributed by atoms with E-state index in [1.165, 1.54) is 4.90 Å². The molecule has 2 amide bonds. The first-order chi connectivity index (χ1) is 10.1. The lowest BCUT2D eigenvalue weighted by Crippen LogP contribution is -2.47. The third kappa shape index (κ3) is 3.21. The van der Waals surface area contributed by atoms with Crippen molar-refractivity contribution in [2.45, 2.75) is 18.9 Å². The van der Waals surface area contributed by atoms with Gasteiger partial charge in [0.15, 0.2) is 0 Å². The van der Waals surface area contributed by atoms with E-state index < -0.39 is 6.04 Å². The average Bonchev–Trinajstić information content (AvgIpc) is 2.64. The molecule has 0 spiro atoms. The molecule has 0 saturated carbocycles. The van der Waals surface area contributed by atoms with Crippen LogP contribution in [-0.4, -0.2) is 42.6 Å². The monoisotopic (exact) mass is 289 g/mol. The van der Waals surface area contributed by atoms with E-state index in [2.05, 4.69) is 5.32 Å². The number of allylic oxidation sites excluding steroid dienone is 2. The summed E-state index contributed by atoms with van der Waals surface area (Å²) in [5.74, 6) is -0.433. The molecule has 0 aromatic heterocycles. The van der Waals surface area contributed by atoms with Crippen LogP contribution in [0.25, 0.3) is 0 Å². The summed E-state index contributed by atoms with van der Waals surface area (Å²) in [6.07, 6.45) is 8.27. The van der Waals surface area contributed by atoms with Crippen molar-refractivity contribution < 1.29 is 14.4 Å². The zero-order chi connectivity index (χ0) is 15.4. The Balaban J connectivity index is 2.15. The van der Waals surface area contributed by atoms with Crippen LogP contribution in [0, 0.1) is 5.92 Å². The van der Waals surface area contributed by atoms with Gasteiger partial charge in [-0.25, -0.2) is 0 Å². The molecule has 1 aliphatic carbocycles. The molecule has 3 N–H and O–H groups in total. The summed E-state index contributed by atoms with van der Waals surface area (Å²) in [4.78, 5) is 36.5. The second-order valence-corrected chi connectivity index (χ2v) is 5.13. The number of nitrogens with one attached hydrogen (secondary N) is 1. The third-order valence-electron chi connectivity index (χ3n) is 3.78. The van der Waals surface area contributed by atoms with Crippen LogP contribution in [0.3, 0.4) is 0 Å². The minimum atomic E-state index is -0.611. The van der Waals surface area contributed by atoms with Crippen LogP contribution in [0.2, 0.25) is 0 Å². The Kier molecular flexibility index (Phi) is 4.57. The maximum Gasteiger partial charge on any atom is 0.254 e. The summed E-state index contributed by atoms with van der Waals surface area (Å²) in [5, 5.41) is 2.51. The molecular weight excluding hydrogens is 270 g/mol. The molecule has 6 nitrogen and oxygen atoms in total. The van der Waals surface area contributed by atoms with Crippen molar-refractivity contribution in [2.24, 2.45) is 11.7 Å². The van der Waals surface area contributed by atoms with Crippen molar-refractivity contribution in [3.8, 4) is 0 Å². The van der Waals surface area contributed by atoms with E-state index in [9.17, 15) is 14.4 Å². The van der Waals surface area contributed by atoms with Gasteiger partial charge < -0.3 is 20.7 Å². The molecular formula is C15H19N3O3. The summed E-state index contributed by atoms with van der Waals surface area (Å²) < 4.78 is 0. The molecule has 21 heavy (non-hydrogen) atoms. The van der Waals surface area contributed by atoms with Crippen LogP contribution in [-0.2, 0) is 14.4 Å². The highest BCUT2D eigenvalue weighted by atomic mass is 16.2. The number of rotatable bonds is 5. The molecule has 112 valence electrons. The lowest BCUT2D eigenvalue weighted by molar-refractivity contribution is -0.134. The molecule has 1 aliphatic heterocycles. The van der Waals surface area contributed by atoms with Crippen molar-refractivity contribution in [1.29, 1.82) is 0 Å². The molecule has 0 saturated heterocycles. The van der Waals surface area contributed by atoms with Crippen LogP contribution in [0.15, 0.2) is 35.6 Å². The predicted molar refractivity (Wildman–Crippen MR) is 77.8 cm³/mol. The molecule has 0 aromatic rings. The Morgan fingerprint density at radius 1 is 1.62 bits per heavy atom. The highest BCUT2D eigenvalue weighted by molar-refractivity contribution is 5.98. The molecule has 2 bridgehead atoms. The first-order valence-corrected chi connectivity index (χ1v) is 6.89. The number of hydrogen-bond donors (Lipinski definition) is 2. The highest BCUT2D eigenvalue weighted by Gasteiger charge is 2.32. The number of carbonyl (C=O) groups excluding carboxylic acids is 3. The molecule has 1 heterocycles. The fourth-order valence-electron chi connectivity index (χ4n) is 2.50.